The van der Waals surface area contributed by atoms with Crippen molar-refractivity contribution in [3.05, 3.63) is 23.8 Å². The van der Waals surface area contributed by atoms with E-state index in [1.54, 1.807) is 18.2 Å². The van der Waals surface area contributed by atoms with Crippen LogP contribution in [0.5, 0.6) is 0 Å². The molecule has 1 N–H and O–H groups in total. The first-order valence-electron chi connectivity index (χ1n) is 7.87. The summed E-state index contributed by atoms with van der Waals surface area (Å²) in [6.07, 6.45) is 4.65. The van der Waals surface area contributed by atoms with Gasteiger partial charge in [-0.2, -0.15) is 0 Å². The van der Waals surface area contributed by atoms with Crippen molar-refractivity contribution < 1.29 is 14.3 Å². The molecule has 0 aromatic carbocycles. The molecule has 3 nitrogen and oxygen atoms in total. The third kappa shape index (κ3) is 3.67. The molecule has 0 radical (unpaired) electrons. The number of hydrogen-bond donors (Lipinski definition) is 1. The average molecular weight is 328 g/mol. The Bertz CT molecular complexity index is 686. The molecule has 2 aliphatic carbocycles. The number of ketones is 1. The standard InChI is InChI=1S/C19H24O3Si/c1-18(2,3)23(4,5)22-19-12-10-8-6-7-9-11-15(17(19)21)13-16(20)14-19/h6,8,13,16,20H,11,14H2,1-5H3. The maximum absolute atomic E-state index is 13.0. The SMILES string of the molecule is CC(C)(C)[Si](C)(C)OC12C#CC=CC#CCC(=CC(O)C1)C2=O. The quantitative estimate of drug-likeness (QED) is 0.626. The van der Waals surface area contributed by atoms with Gasteiger partial charge in [0.2, 0.25) is 5.78 Å². The average Bonchev–Trinajstić information content (AvgIpc) is 2.40. The first-order chi connectivity index (χ1) is 10.6. The molecule has 0 amide bonds. The van der Waals surface area contributed by atoms with Crippen LogP contribution in [0.25, 0.3) is 0 Å². The Morgan fingerprint density at radius 3 is 2.61 bits per heavy atom. The number of carbonyl (C=O) groups excluding carboxylic acids is 1. The lowest BCUT2D eigenvalue weighted by atomic mass is 9.81. The minimum atomic E-state index is -2.24. The summed E-state index contributed by atoms with van der Waals surface area (Å²) in [5.74, 6) is 11.5. The number of carbonyl (C=O) groups is 1. The van der Waals surface area contributed by atoms with Gasteiger partial charge in [-0.1, -0.05) is 44.5 Å². The monoisotopic (exact) mass is 328 g/mol. The second-order valence-electron chi connectivity index (χ2n) is 7.58. The fourth-order valence-electron chi connectivity index (χ4n) is 2.41. The number of Topliss-reactive ketones (excluding diaryl/α,β-unsaturated/α-hetero) is 1. The Morgan fingerprint density at radius 2 is 1.96 bits per heavy atom. The minimum Gasteiger partial charge on any atom is -0.395 e. The van der Waals surface area contributed by atoms with Crippen molar-refractivity contribution in [2.24, 2.45) is 0 Å². The van der Waals surface area contributed by atoms with Crippen molar-refractivity contribution in [1.82, 2.24) is 0 Å². The molecule has 4 heteroatoms. The molecule has 2 bridgehead atoms. The van der Waals surface area contributed by atoms with Gasteiger partial charge in [0.15, 0.2) is 13.9 Å². The van der Waals surface area contributed by atoms with Crippen LogP contribution in [0.15, 0.2) is 23.8 Å². The van der Waals surface area contributed by atoms with Crippen molar-refractivity contribution in [3.8, 4) is 23.7 Å². The molecule has 0 heterocycles. The summed E-state index contributed by atoms with van der Waals surface area (Å²) < 4.78 is 6.45. The number of hydrogen-bond acceptors (Lipinski definition) is 3. The molecule has 0 aliphatic heterocycles. The van der Waals surface area contributed by atoms with E-state index in [0.29, 0.717) is 12.0 Å². The van der Waals surface area contributed by atoms with Gasteiger partial charge in [-0.3, -0.25) is 4.79 Å². The number of rotatable bonds is 2. The highest BCUT2D eigenvalue weighted by Crippen LogP contribution is 2.42. The molecular weight excluding hydrogens is 304 g/mol. The first-order valence-corrected chi connectivity index (χ1v) is 10.8. The fourth-order valence-corrected chi connectivity index (χ4v) is 3.81. The van der Waals surface area contributed by atoms with Crippen LogP contribution >= 0.6 is 0 Å². The molecule has 0 spiro atoms. The minimum absolute atomic E-state index is 0.0546. The molecule has 2 aliphatic rings. The second kappa shape index (κ2) is 6.13. The van der Waals surface area contributed by atoms with E-state index in [1.165, 1.54) is 0 Å². The number of fused-ring (bicyclic) bond motifs is 2. The Hall–Kier alpha value is -1.59. The molecule has 0 aromatic heterocycles. The van der Waals surface area contributed by atoms with Crippen molar-refractivity contribution >= 4 is 14.1 Å². The third-order valence-corrected chi connectivity index (χ3v) is 9.16. The molecular formula is C19H24O3Si. The summed E-state index contributed by atoms with van der Waals surface area (Å²) in [7, 11) is -2.24. The van der Waals surface area contributed by atoms with Gasteiger partial charge in [0, 0.05) is 18.4 Å². The lowest BCUT2D eigenvalue weighted by Crippen LogP contribution is -2.56. The van der Waals surface area contributed by atoms with Gasteiger partial charge >= 0.3 is 0 Å². The van der Waals surface area contributed by atoms with Crippen molar-refractivity contribution in [2.75, 3.05) is 0 Å². The summed E-state index contributed by atoms with van der Waals surface area (Å²) in [6.45, 7) is 10.5. The van der Waals surface area contributed by atoms with E-state index >= 15 is 0 Å². The molecule has 2 rings (SSSR count). The van der Waals surface area contributed by atoms with E-state index in [2.05, 4.69) is 57.5 Å². The number of aliphatic hydroxyl groups is 1. The van der Waals surface area contributed by atoms with E-state index in [4.69, 9.17) is 4.43 Å². The Kier molecular flexibility index (Phi) is 4.73. The highest BCUT2D eigenvalue weighted by atomic mass is 28.4. The van der Waals surface area contributed by atoms with Crippen LogP contribution in [0.2, 0.25) is 18.1 Å². The molecule has 122 valence electrons. The summed E-state index contributed by atoms with van der Waals surface area (Å²) in [5.41, 5.74) is -0.768. The highest BCUT2D eigenvalue weighted by molar-refractivity contribution is 6.74. The van der Waals surface area contributed by atoms with Gasteiger partial charge in [-0.05, 0) is 36.4 Å². The van der Waals surface area contributed by atoms with Crippen LogP contribution in [0, 0.1) is 23.7 Å². The Balaban J connectivity index is 2.53. The van der Waals surface area contributed by atoms with Gasteiger partial charge in [-0.15, -0.1) is 0 Å². The van der Waals surface area contributed by atoms with Crippen molar-refractivity contribution in [2.45, 2.75) is 63.5 Å². The van der Waals surface area contributed by atoms with E-state index in [-0.39, 0.29) is 17.2 Å². The molecule has 2 atom stereocenters. The van der Waals surface area contributed by atoms with Gasteiger partial charge in [0.05, 0.1) is 6.10 Å². The van der Waals surface area contributed by atoms with E-state index in [0.717, 1.165) is 0 Å². The fraction of sp³-hybridized carbons (Fsp3) is 0.526. The highest BCUT2D eigenvalue weighted by Gasteiger charge is 2.51. The molecule has 0 fully saturated rings. The summed E-state index contributed by atoms with van der Waals surface area (Å²) in [6, 6.07) is 0. The lowest BCUT2D eigenvalue weighted by molar-refractivity contribution is -0.130. The van der Waals surface area contributed by atoms with Crippen molar-refractivity contribution in [3.63, 3.8) is 0 Å². The molecule has 0 saturated carbocycles. The lowest BCUT2D eigenvalue weighted by Gasteiger charge is -2.44. The third-order valence-electron chi connectivity index (χ3n) is 4.69. The molecule has 0 saturated heterocycles. The van der Waals surface area contributed by atoms with Crippen LogP contribution in [-0.2, 0) is 9.22 Å². The maximum atomic E-state index is 13.0. The van der Waals surface area contributed by atoms with Crippen molar-refractivity contribution in [1.29, 1.82) is 0 Å². The number of aliphatic hydroxyl groups excluding tert-OH is 1. The topological polar surface area (TPSA) is 46.5 Å². The van der Waals surface area contributed by atoms with Gasteiger partial charge in [0.1, 0.15) is 0 Å². The van der Waals surface area contributed by atoms with Crippen LogP contribution in [-0.4, -0.2) is 30.9 Å². The van der Waals surface area contributed by atoms with E-state index in [1.807, 2.05) is 0 Å². The zero-order chi connectivity index (χ0) is 17.3. The molecule has 0 aromatic rings. The van der Waals surface area contributed by atoms with Gasteiger partial charge < -0.3 is 9.53 Å². The second-order valence-corrected chi connectivity index (χ2v) is 12.3. The van der Waals surface area contributed by atoms with E-state index < -0.39 is 20.0 Å². The Morgan fingerprint density at radius 1 is 1.30 bits per heavy atom. The Labute approximate surface area is 139 Å². The van der Waals surface area contributed by atoms with Crippen LogP contribution in [0.1, 0.15) is 33.6 Å². The predicted octanol–water partition coefficient (Wildman–Crippen LogP) is 2.97. The van der Waals surface area contributed by atoms with E-state index in [9.17, 15) is 9.90 Å². The maximum Gasteiger partial charge on any atom is 0.202 e. The molecule has 2 unspecified atom stereocenters. The largest absolute Gasteiger partial charge is 0.395 e. The van der Waals surface area contributed by atoms with Crippen LogP contribution in [0.3, 0.4) is 0 Å². The summed E-state index contributed by atoms with van der Waals surface area (Å²) >= 11 is 0. The predicted molar refractivity (Wildman–Crippen MR) is 94.0 cm³/mol. The first kappa shape index (κ1) is 17.8. The summed E-state index contributed by atoms with van der Waals surface area (Å²) in [4.78, 5) is 13.0. The normalized spacial score (nSPS) is 27.3. The van der Waals surface area contributed by atoms with Gasteiger partial charge in [-0.25, -0.2) is 0 Å². The smallest absolute Gasteiger partial charge is 0.202 e. The van der Waals surface area contributed by atoms with Crippen LogP contribution in [0.4, 0.5) is 0 Å². The van der Waals surface area contributed by atoms with Crippen LogP contribution < -0.4 is 0 Å². The van der Waals surface area contributed by atoms with Gasteiger partial charge in [0.25, 0.3) is 0 Å². The summed E-state index contributed by atoms with van der Waals surface area (Å²) in [5, 5.41) is 10.2. The molecule has 23 heavy (non-hydrogen) atoms. The zero-order valence-corrected chi connectivity index (χ0v) is 15.5. The zero-order valence-electron chi connectivity index (χ0n) is 14.5. The number of allylic oxidation sites excluding steroid dienone is 2.